The van der Waals surface area contributed by atoms with Gasteiger partial charge in [0.05, 0.1) is 17.6 Å². The van der Waals surface area contributed by atoms with Gasteiger partial charge in [0.25, 0.3) is 11.6 Å². The average Bonchev–Trinajstić information content (AvgIpc) is 2.69. The van der Waals surface area contributed by atoms with Gasteiger partial charge in [-0.2, -0.15) is 0 Å². The second-order valence-corrected chi connectivity index (χ2v) is 6.64. The van der Waals surface area contributed by atoms with Gasteiger partial charge in [0, 0.05) is 44.9 Å². The maximum atomic E-state index is 12.9. The summed E-state index contributed by atoms with van der Waals surface area (Å²) in [7, 11) is 1.46. The molecule has 7 nitrogen and oxygen atoms in total. The molecule has 0 saturated carbocycles. The van der Waals surface area contributed by atoms with E-state index in [2.05, 4.69) is 24.0 Å². The molecule has 0 bridgehead atoms. The highest BCUT2D eigenvalue weighted by Crippen LogP contribution is 2.26. The standard InChI is InChI=1S/C20H23N3O4/c1-15-5-3-4-6-16(15)14-21-9-11-22(12-10-21)20(24)18-13-17(23(25)26)7-8-19(18)27-2/h3-8,13H,9-12,14H2,1-2H3. The van der Waals surface area contributed by atoms with Gasteiger partial charge in [-0.25, -0.2) is 0 Å². The Labute approximate surface area is 158 Å². The third-order valence-electron chi connectivity index (χ3n) is 4.94. The Kier molecular flexibility index (Phi) is 5.71. The van der Waals surface area contributed by atoms with E-state index in [0.29, 0.717) is 18.8 Å². The molecule has 1 heterocycles. The summed E-state index contributed by atoms with van der Waals surface area (Å²) in [6, 6.07) is 12.4. The molecule has 0 radical (unpaired) electrons. The van der Waals surface area contributed by atoms with E-state index in [1.54, 1.807) is 4.90 Å². The van der Waals surface area contributed by atoms with Crippen molar-refractivity contribution >= 4 is 11.6 Å². The van der Waals surface area contributed by atoms with E-state index in [0.717, 1.165) is 19.6 Å². The Bertz CT molecular complexity index is 845. The third kappa shape index (κ3) is 4.25. The minimum atomic E-state index is -0.504. The highest BCUT2D eigenvalue weighted by molar-refractivity contribution is 5.97. The summed E-state index contributed by atoms with van der Waals surface area (Å²) >= 11 is 0. The minimum Gasteiger partial charge on any atom is -0.496 e. The second-order valence-electron chi connectivity index (χ2n) is 6.64. The third-order valence-corrected chi connectivity index (χ3v) is 4.94. The van der Waals surface area contributed by atoms with Crippen LogP contribution in [-0.4, -0.2) is 53.9 Å². The number of methoxy groups -OCH3 is 1. The first-order valence-electron chi connectivity index (χ1n) is 8.88. The van der Waals surface area contributed by atoms with Gasteiger partial charge in [0.1, 0.15) is 5.75 Å². The van der Waals surface area contributed by atoms with E-state index in [1.165, 1.54) is 36.4 Å². The fraction of sp³-hybridized carbons (Fsp3) is 0.350. The van der Waals surface area contributed by atoms with Crippen molar-refractivity contribution in [3.63, 3.8) is 0 Å². The maximum Gasteiger partial charge on any atom is 0.270 e. The van der Waals surface area contributed by atoms with E-state index < -0.39 is 4.92 Å². The zero-order valence-electron chi connectivity index (χ0n) is 15.6. The molecule has 2 aromatic rings. The first-order chi connectivity index (χ1) is 13.0. The number of rotatable bonds is 5. The van der Waals surface area contributed by atoms with Crippen LogP contribution in [0, 0.1) is 17.0 Å². The number of hydrogen-bond donors (Lipinski definition) is 0. The van der Waals surface area contributed by atoms with Gasteiger partial charge in [0.15, 0.2) is 0 Å². The predicted octanol–water partition coefficient (Wildman–Crippen LogP) is 2.87. The number of nitro groups is 1. The number of carbonyl (C=O) groups excluding carboxylic acids is 1. The number of amides is 1. The van der Waals surface area contributed by atoms with Gasteiger partial charge >= 0.3 is 0 Å². The molecule has 0 atom stereocenters. The first kappa shape index (κ1) is 18.8. The quantitative estimate of drug-likeness (QED) is 0.598. The van der Waals surface area contributed by atoms with Crippen molar-refractivity contribution in [1.82, 2.24) is 9.80 Å². The Morgan fingerprint density at radius 3 is 2.48 bits per heavy atom. The SMILES string of the molecule is COc1ccc([N+](=O)[O-])cc1C(=O)N1CCN(Cc2ccccc2C)CC1. The molecule has 2 aromatic carbocycles. The van der Waals surface area contributed by atoms with Crippen LogP contribution in [0.1, 0.15) is 21.5 Å². The fourth-order valence-corrected chi connectivity index (χ4v) is 3.28. The summed E-state index contributed by atoms with van der Waals surface area (Å²) in [4.78, 5) is 27.5. The molecule has 0 N–H and O–H groups in total. The van der Waals surface area contributed by atoms with E-state index >= 15 is 0 Å². The molecule has 7 heteroatoms. The Morgan fingerprint density at radius 2 is 1.85 bits per heavy atom. The van der Waals surface area contributed by atoms with E-state index in [4.69, 9.17) is 4.74 Å². The summed E-state index contributed by atoms with van der Waals surface area (Å²) in [6.45, 7) is 5.64. The molecule has 0 unspecified atom stereocenters. The molecule has 0 aromatic heterocycles. The lowest BCUT2D eigenvalue weighted by atomic mass is 10.1. The summed E-state index contributed by atoms with van der Waals surface area (Å²) in [6.07, 6.45) is 0. The van der Waals surface area contributed by atoms with Crippen LogP contribution in [0.2, 0.25) is 0 Å². The number of nitrogens with zero attached hydrogens (tertiary/aromatic N) is 3. The first-order valence-corrected chi connectivity index (χ1v) is 8.88. The number of nitro benzene ring substituents is 1. The highest BCUT2D eigenvalue weighted by atomic mass is 16.6. The zero-order valence-corrected chi connectivity index (χ0v) is 15.6. The highest BCUT2D eigenvalue weighted by Gasteiger charge is 2.26. The maximum absolute atomic E-state index is 12.9. The number of aryl methyl sites for hydroxylation is 1. The van der Waals surface area contributed by atoms with Gasteiger partial charge in [-0.3, -0.25) is 19.8 Å². The molecule has 3 rings (SSSR count). The van der Waals surface area contributed by atoms with Crippen molar-refractivity contribution in [2.24, 2.45) is 0 Å². The van der Waals surface area contributed by atoms with Crippen LogP contribution in [0.15, 0.2) is 42.5 Å². The second kappa shape index (κ2) is 8.18. The average molecular weight is 369 g/mol. The Hall–Kier alpha value is -2.93. The number of carbonyl (C=O) groups is 1. The van der Waals surface area contributed by atoms with Gasteiger partial charge in [-0.05, 0) is 24.1 Å². The van der Waals surface area contributed by atoms with Crippen molar-refractivity contribution in [2.45, 2.75) is 13.5 Å². The van der Waals surface area contributed by atoms with Crippen molar-refractivity contribution in [1.29, 1.82) is 0 Å². The molecule has 1 aliphatic heterocycles. The molecule has 1 saturated heterocycles. The van der Waals surface area contributed by atoms with Crippen LogP contribution in [-0.2, 0) is 6.54 Å². The lowest BCUT2D eigenvalue weighted by Crippen LogP contribution is -2.48. The van der Waals surface area contributed by atoms with Crippen LogP contribution in [0.25, 0.3) is 0 Å². The molecule has 27 heavy (non-hydrogen) atoms. The molecule has 1 fully saturated rings. The molecular formula is C20H23N3O4. The van der Waals surface area contributed by atoms with Gasteiger partial charge in [-0.1, -0.05) is 24.3 Å². The Balaban J connectivity index is 1.67. The van der Waals surface area contributed by atoms with Gasteiger partial charge < -0.3 is 9.64 Å². The van der Waals surface area contributed by atoms with E-state index in [-0.39, 0.29) is 17.2 Å². The van der Waals surface area contributed by atoms with Crippen LogP contribution in [0.3, 0.4) is 0 Å². The van der Waals surface area contributed by atoms with Crippen LogP contribution < -0.4 is 4.74 Å². The topological polar surface area (TPSA) is 75.9 Å². The number of non-ortho nitro benzene ring substituents is 1. The number of piperazine rings is 1. The number of hydrogen-bond acceptors (Lipinski definition) is 5. The van der Waals surface area contributed by atoms with Crippen LogP contribution in [0.4, 0.5) is 5.69 Å². The Morgan fingerprint density at radius 1 is 1.15 bits per heavy atom. The summed E-state index contributed by atoms with van der Waals surface area (Å²) in [5, 5.41) is 11.0. The van der Waals surface area contributed by atoms with Gasteiger partial charge in [0.2, 0.25) is 0 Å². The molecular weight excluding hydrogens is 346 g/mol. The summed E-state index contributed by atoms with van der Waals surface area (Å²) in [5.74, 6) is 0.124. The molecule has 1 aliphatic rings. The molecule has 0 spiro atoms. The van der Waals surface area contributed by atoms with Crippen molar-refractivity contribution in [3.05, 3.63) is 69.3 Å². The largest absolute Gasteiger partial charge is 0.496 e. The lowest BCUT2D eigenvalue weighted by Gasteiger charge is -2.35. The normalized spacial score (nSPS) is 14.8. The lowest BCUT2D eigenvalue weighted by molar-refractivity contribution is -0.384. The molecule has 0 aliphatic carbocycles. The van der Waals surface area contributed by atoms with Crippen molar-refractivity contribution in [3.8, 4) is 5.75 Å². The minimum absolute atomic E-state index is 0.114. The number of ether oxygens (including phenoxy) is 1. The molecule has 1 amide bonds. The smallest absolute Gasteiger partial charge is 0.270 e. The van der Waals surface area contributed by atoms with E-state index in [9.17, 15) is 14.9 Å². The summed E-state index contributed by atoms with van der Waals surface area (Å²) < 4.78 is 5.22. The van der Waals surface area contributed by atoms with Crippen LogP contribution >= 0.6 is 0 Å². The van der Waals surface area contributed by atoms with E-state index in [1.807, 2.05) is 12.1 Å². The zero-order chi connectivity index (χ0) is 19.4. The summed E-state index contributed by atoms with van der Waals surface area (Å²) in [5.41, 5.74) is 2.67. The van der Waals surface area contributed by atoms with Crippen LogP contribution in [0.5, 0.6) is 5.75 Å². The fourth-order valence-electron chi connectivity index (χ4n) is 3.28. The van der Waals surface area contributed by atoms with Crippen molar-refractivity contribution in [2.75, 3.05) is 33.3 Å². The molecule has 142 valence electrons. The monoisotopic (exact) mass is 369 g/mol. The van der Waals surface area contributed by atoms with Gasteiger partial charge in [-0.15, -0.1) is 0 Å². The number of benzene rings is 2. The predicted molar refractivity (Wildman–Crippen MR) is 102 cm³/mol. The van der Waals surface area contributed by atoms with Crippen molar-refractivity contribution < 1.29 is 14.5 Å².